The van der Waals surface area contributed by atoms with E-state index in [1.54, 1.807) is 24.3 Å². The lowest BCUT2D eigenvalue weighted by molar-refractivity contribution is -0.164. The number of imide groups is 2. The van der Waals surface area contributed by atoms with E-state index in [-0.39, 0.29) is 41.7 Å². The Morgan fingerprint density at radius 1 is 0.983 bits per heavy atom. The van der Waals surface area contributed by atoms with Crippen LogP contribution in [0.3, 0.4) is 0 Å². The summed E-state index contributed by atoms with van der Waals surface area (Å²) < 4.78 is 27.7. The fraction of sp³-hybridized carbons (Fsp3) is 0.452. The quantitative estimate of drug-likeness (QED) is 0.138. The van der Waals surface area contributed by atoms with Crippen LogP contribution in [0.1, 0.15) is 84.5 Å². The molecular weight excluding hydrogens is 769 g/mol. The van der Waals surface area contributed by atoms with E-state index in [0.29, 0.717) is 47.7 Å². The molecule has 14 nitrogen and oxygen atoms in total. The average Bonchev–Trinajstić information content (AvgIpc) is 3.43. The predicted molar refractivity (Wildman–Crippen MR) is 212 cm³/mol. The van der Waals surface area contributed by atoms with Crippen LogP contribution in [0.15, 0.2) is 48.7 Å². The summed E-state index contributed by atoms with van der Waals surface area (Å²) in [5.74, 6) is -1.96. The number of pyridine rings is 1. The Balaban J connectivity index is 0.843. The number of unbranched alkanes of at least 4 members (excludes halogenated alkanes) is 1. The fourth-order valence-electron chi connectivity index (χ4n) is 8.93. The standard InChI is InChI=1S/C42H45ClFN7O7/c1-41(2)39(42(3,4)40(41)58-25-9-11-31(45-5)29(43)21-25)48-35(53)28-23-46-33(22-30(28)44)50-17-15-49(16-18-50)14-6-7-19-57-24-8-10-26-27(20-24)38(56)51(37(26)55)32-12-13-34(52)47-36(32)54/h8-11,20-23,32,39-40H,6-7,12-19H2,1-4H3,(H,48,53)(H,47,52,54). The summed E-state index contributed by atoms with van der Waals surface area (Å²) in [6, 6.07) is 9.58. The zero-order chi connectivity index (χ0) is 41.5. The van der Waals surface area contributed by atoms with E-state index in [9.17, 15) is 24.0 Å². The van der Waals surface area contributed by atoms with Crippen LogP contribution in [0.5, 0.6) is 11.5 Å². The maximum Gasteiger partial charge on any atom is 0.262 e. The first-order chi connectivity index (χ1) is 27.6. The first kappa shape index (κ1) is 40.6. The highest BCUT2D eigenvalue weighted by Gasteiger charge is 2.64. The number of nitrogens with zero attached hydrogens (tertiary/aromatic N) is 5. The van der Waals surface area contributed by atoms with E-state index in [1.807, 2.05) is 32.6 Å². The van der Waals surface area contributed by atoms with Crippen LogP contribution in [-0.4, -0.2) is 102 Å². The molecule has 1 aliphatic carbocycles. The smallest absolute Gasteiger partial charge is 0.262 e. The second-order valence-corrected chi connectivity index (χ2v) is 16.7. The van der Waals surface area contributed by atoms with Crippen molar-refractivity contribution in [1.82, 2.24) is 25.4 Å². The highest BCUT2D eigenvalue weighted by atomic mass is 35.5. The van der Waals surface area contributed by atoms with Gasteiger partial charge in [-0.1, -0.05) is 45.4 Å². The number of rotatable bonds is 12. The van der Waals surface area contributed by atoms with Crippen LogP contribution in [-0.2, 0) is 9.59 Å². The van der Waals surface area contributed by atoms with Gasteiger partial charge in [-0.2, -0.15) is 0 Å². The van der Waals surface area contributed by atoms with Crippen molar-refractivity contribution >= 4 is 52.6 Å². The van der Waals surface area contributed by atoms with Crippen molar-refractivity contribution in [2.75, 3.05) is 44.2 Å². The number of hydrogen-bond donors (Lipinski definition) is 2. The van der Waals surface area contributed by atoms with Gasteiger partial charge in [-0.3, -0.25) is 39.1 Å². The average molecular weight is 814 g/mol. The van der Waals surface area contributed by atoms with Gasteiger partial charge in [0.25, 0.3) is 17.7 Å². The maximum absolute atomic E-state index is 15.5. The number of nitrogens with one attached hydrogen (secondary N) is 2. The Hall–Kier alpha value is -5.59. The Kier molecular flexibility index (Phi) is 11.2. The van der Waals surface area contributed by atoms with E-state index >= 15 is 4.39 Å². The number of anilines is 1. The van der Waals surface area contributed by atoms with Gasteiger partial charge >= 0.3 is 0 Å². The second kappa shape index (κ2) is 16.0. The number of aromatic nitrogens is 1. The number of fused-ring (bicyclic) bond motifs is 1. The van der Waals surface area contributed by atoms with Crippen LogP contribution in [0, 0.1) is 23.2 Å². The molecule has 0 bridgehead atoms. The summed E-state index contributed by atoms with van der Waals surface area (Å²) in [5, 5.41) is 5.53. The molecule has 304 valence electrons. The van der Waals surface area contributed by atoms with Crippen molar-refractivity contribution in [2.24, 2.45) is 10.8 Å². The van der Waals surface area contributed by atoms with Crippen LogP contribution in [0.25, 0.3) is 4.85 Å². The zero-order valence-corrected chi connectivity index (χ0v) is 33.5. The molecule has 16 heteroatoms. The van der Waals surface area contributed by atoms with Crippen molar-refractivity contribution in [3.8, 4) is 11.5 Å². The summed E-state index contributed by atoms with van der Waals surface area (Å²) in [7, 11) is 0. The zero-order valence-electron chi connectivity index (χ0n) is 32.8. The van der Waals surface area contributed by atoms with Crippen molar-refractivity contribution < 1.29 is 37.8 Å². The number of piperidine rings is 1. The molecule has 3 aromatic rings. The Morgan fingerprint density at radius 2 is 1.69 bits per heavy atom. The molecule has 0 spiro atoms. The molecule has 1 unspecified atom stereocenters. The highest BCUT2D eigenvalue weighted by molar-refractivity contribution is 6.33. The normalized spacial score (nSPS) is 22.5. The summed E-state index contributed by atoms with van der Waals surface area (Å²) in [4.78, 5) is 76.4. The predicted octanol–water partition coefficient (Wildman–Crippen LogP) is 5.42. The van der Waals surface area contributed by atoms with Crippen molar-refractivity contribution in [1.29, 1.82) is 0 Å². The van der Waals surface area contributed by atoms with Crippen molar-refractivity contribution in [2.45, 2.75) is 71.6 Å². The third-order valence-electron chi connectivity index (χ3n) is 11.7. The van der Waals surface area contributed by atoms with E-state index in [0.717, 1.165) is 37.4 Å². The van der Waals surface area contributed by atoms with Gasteiger partial charge in [0.1, 0.15) is 35.3 Å². The fourth-order valence-corrected chi connectivity index (χ4v) is 9.14. The lowest BCUT2D eigenvalue weighted by atomic mass is 9.49. The lowest BCUT2D eigenvalue weighted by Crippen LogP contribution is -2.74. The summed E-state index contributed by atoms with van der Waals surface area (Å²) in [6.45, 7) is 19.2. The SMILES string of the molecule is [C-]#[N+]c1ccc(OC2C(C)(C)C(NC(=O)c3cnc(N4CCN(CCCCOc5ccc6c(c5)C(=O)N(C5CCC(=O)NC5=O)C6=O)CC4)cc3F)C2(C)C)cc1Cl. The lowest BCUT2D eigenvalue weighted by Gasteiger charge is -2.63. The van der Waals surface area contributed by atoms with Crippen LogP contribution in [0.4, 0.5) is 15.9 Å². The molecule has 3 fully saturated rings. The van der Waals surface area contributed by atoms with Crippen LogP contribution < -0.4 is 25.0 Å². The van der Waals surface area contributed by atoms with Crippen LogP contribution in [0.2, 0.25) is 5.02 Å². The number of hydrogen-bond acceptors (Lipinski definition) is 10. The number of halogens is 2. The minimum absolute atomic E-state index is 0.0555. The number of benzene rings is 2. The van der Waals surface area contributed by atoms with Gasteiger partial charge in [-0.15, -0.1) is 0 Å². The molecule has 58 heavy (non-hydrogen) atoms. The molecular formula is C42H45ClFN7O7. The van der Waals surface area contributed by atoms with E-state index < -0.39 is 52.2 Å². The van der Waals surface area contributed by atoms with E-state index in [4.69, 9.17) is 27.6 Å². The summed E-state index contributed by atoms with van der Waals surface area (Å²) in [5.41, 5.74) is -0.416. The van der Waals surface area contributed by atoms with Gasteiger partial charge in [0, 0.05) is 61.7 Å². The largest absolute Gasteiger partial charge is 0.494 e. The minimum Gasteiger partial charge on any atom is -0.494 e. The number of piperazine rings is 1. The molecule has 1 saturated carbocycles. The van der Waals surface area contributed by atoms with Gasteiger partial charge in [0.2, 0.25) is 17.5 Å². The summed E-state index contributed by atoms with van der Waals surface area (Å²) in [6.07, 6.45) is 2.75. The number of carbonyl (C=O) groups excluding carboxylic acids is 5. The highest BCUT2D eigenvalue weighted by Crippen LogP contribution is 2.55. The molecule has 3 aliphatic heterocycles. The topological polar surface area (TPSA) is 155 Å². The van der Waals surface area contributed by atoms with Crippen LogP contribution >= 0.6 is 11.6 Å². The molecule has 1 aromatic heterocycles. The van der Waals surface area contributed by atoms with E-state index in [1.165, 1.54) is 24.4 Å². The molecule has 0 radical (unpaired) electrons. The van der Waals surface area contributed by atoms with Crippen molar-refractivity contribution in [3.63, 3.8) is 0 Å². The first-order valence-electron chi connectivity index (χ1n) is 19.4. The second-order valence-electron chi connectivity index (χ2n) is 16.3. The first-order valence-corrected chi connectivity index (χ1v) is 19.7. The maximum atomic E-state index is 15.5. The molecule has 2 aromatic carbocycles. The number of carbonyl (C=O) groups is 5. The molecule has 2 N–H and O–H groups in total. The van der Waals surface area contributed by atoms with Gasteiger partial charge < -0.3 is 19.7 Å². The molecule has 4 aliphatic rings. The van der Waals surface area contributed by atoms with Gasteiger partial charge in [0.05, 0.1) is 34.9 Å². The Labute approximate surface area is 340 Å². The van der Waals surface area contributed by atoms with Gasteiger partial charge in [0.15, 0.2) is 0 Å². The summed E-state index contributed by atoms with van der Waals surface area (Å²) >= 11 is 6.22. The molecule has 2 saturated heterocycles. The molecule has 4 heterocycles. The monoisotopic (exact) mass is 813 g/mol. The molecule has 1 atom stereocenters. The Morgan fingerprint density at radius 3 is 2.36 bits per heavy atom. The third kappa shape index (κ3) is 7.70. The third-order valence-corrected chi connectivity index (χ3v) is 12.0. The molecule has 7 rings (SSSR count). The van der Waals surface area contributed by atoms with E-state index in [2.05, 4.69) is 25.4 Å². The molecule has 5 amide bonds. The van der Waals surface area contributed by atoms with Crippen molar-refractivity contribution in [3.05, 3.63) is 87.6 Å². The minimum atomic E-state index is -1.02. The number of ether oxygens (including phenoxy) is 2. The number of amides is 5. The Bertz CT molecular complexity index is 2200. The van der Waals surface area contributed by atoms with Gasteiger partial charge in [-0.25, -0.2) is 14.2 Å². The van der Waals surface area contributed by atoms with Gasteiger partial charge in [-0.05, 0) is 56.1 Å².